The Bertz CT molecular complexity index is 1210. The lowest BCUT2D eigenvalue weighted by molar-refractivity contribution is 0.0600. The predicted octanol–water partition coefficient (Wildman–Crippen LogP) is 3.45. The van der Waals surface area contributed by atoms with Crippen LogP contribution in [0.5, 0.6) is 5.75 Å². The van der Waals surface area contributed by atoms with E-state index >= 15 is 0 Å². The summed E-state index contributed by atoms with van der Waals surface area (Å²) in [7, 11) is -1.46. The normalized spacial score (nSPS) is 10.6. The topological polar surface area (TPSA) is 85.8 Å². The molecule has 0 N–H and O–H groups in total. The Labute approximate surface area is 179 Å². The molecule has 0 bridgehead atoms. The van der Waals surface area contributed by atoms with Crippen LogP contribution in [0.1, 0.15) is 21.5 Å². The van der Waals surface area contributed by atoms with Crippen LogP contribution in [0.25, 0.3) is 0 Å². The number of carbonyl (C=O) groups excluding carboxylic acids is 1. The lowest BCUT2D eigenvalue weighted by Crippen LogP contribution is -2.27. The zero-order chi connectivity index (χ0) is 21.7. The van der Waals surface area contributed by atoms with E-state index in [9.17, 15) is 13.2 Å². The van der Waals surface area contributed by atoms with Crippen molar-refractivity contribution in [1.29, 1.82) is 0 Å². The Hall–Kier alpha value is -3.35. The van der Waals surface area contributed by atoms with Crippen molar-refractivity contribution in [3.05, 3.63) is 70.0 Å². The number of nitrogens with zero attached hydrogens (tertiary/aromatic N) is 2. The number of aromatic nitrogens is 1. The molecule has 0 saturated carbocycles. The number of esters is 1. The van der Waals surface area contributed by atoms with Crippen LogP contribution in [0.3, 0.4) is 0 Å². The van der Waals surface area contributed by atoms with Crippen LogP contribution in [0.4, 0.5) is 5.69 Å². The molecule has 9 heteroatoms. The van der Waals surface area contributed by atoms with Gasteiger partial charge in [-0.25, -0.2) is 9.78 Å². The molecule has 0 spiro atoms. The molecule has 30 heavy (non-hydrogen) atoms. The zero-order valence-electron chi connectivity index (χ0n) is 16.4. The summed E-state index contributed by atoms with van der Waals surface area (Å²) in [6, 6.07) is 14.4. The van der Waals surface area contributed by atoms with Gasteiger partial charge in [0.1, 0.15) is 11.4 Å². The summed E-state index contributed by atoms with van der Waals surface area (Å²) < 4.78 is 37.4. The first-order valence-electron chi connectivity index (χ1n) is 8.65. The maximum atomic E-state index is 13.2. The molecule has 7 nitrogen and oxygen atoms in total. The number of carbonyl (C=O) groups is 1. The monoisotopic (exact) mass is 442 g/mol. The van der Waals surface area contributed by atoms with Crippen molar-refractivity contribution in [3.8, 4) is 17.7 Å². The van der Waals surface area contributed by atoms with Gasteiger partial charge in [-0.2, -0.15) is 12.7 Å². The van der Waals surface area contributed by atoms with Gasteiger partial charge in [-0.15, -0.1) is 11.3 Å². The van der Waals surface area contributed by atoms with E-state index in [1.54, 1.807) is 12.1 Å². The molecule has 0 aliphatic carbocycles. The van der Waals surface area contributed by atoms with Gasteiger partial charge in [0.2, 0.25) is 0 Å². The van der Waals surface area contributed by atoms with Crippen molar-refractivity contribution in [1.82, 2.24) is 4.98 Å². The number of methoxy groups -OCH3 is 2. The quantitative estimate of drug-likeness (QED) is 0.342. The first-order valence-corrected chi connectivity index (χ1v) is 11.0. The molecule has 3 rings (SSSR count). The van der Waals surface area contributed by atoms with E-state index in [1.165, 1.54) is 43.3 Å². The molecule has 0 fully saturated rings. The number of ether oxygens (including phenoxy) is 2. The van der Waals surface area contributed by atoms with Gasteiger partial charge >= 0.3 is 5.97 Å². The van der Waals surface area contributed by atoms with Crippen LogP contribution in [0.2, 0.25) is 0 Å². The highest BCUT2D eigenvalue weighted by Crippen LogP contribution is 2.33. The molecule has 1 aromatic heterocycles. The number of aryl methyl sites for hydroxylation is 1. The molecule has 1 heterocycles. The third kappa shape index (κ3) is 4.45. The van der Waals surface area contributed by atoms with Crippen molar-refractivity contribution in [2.24, 2.45) is 0 Å². The van der Waals surface area contributed by atoms with Gasteiger partial charge in [0, 0.05) is 17.0 Å². The summed E-state index contributed by atoms with van der Waals surface area (Å²) in [5.41, 5.74) is 3.50. The van der Waals surface area contributed by atoms with Gasteiger partial charge in [-0.05, 0) is 43.2 Å². The molecular weight excluding hydrogens is 424 g/mol. The van der Waals surface area contributed by atoms with E-state index in [1.807, 2.05) is 19.1 Å². The molecule has 0 radical (unpaired) electrons. The Morgan fingerprint density at radius 1 is 1.13 bits per heavy atom. The van der Waals surface area contributed by atoms with Crippen molar-refractivity contribution < 1.29 is 22.7 Å². The zero-order valence-corrected chi connectivity index (χ0v) is 18.1. The van der Waals surface area contributed by atoms with Crippen molar-refractivity contribution in [2.45, 2.75) is 11.9 Å². The van der Waals surface area contributed by atoms with E-state index in [4.69, 9.17) is 9.47 Å². The summed E-state index contributed by atoms with van der Waals surface area (Å²) in [6.07, 6.45) is 0. The number of rotatable bonds is 5. The van der Waals surface area contributed by atoms with E-state index in [-0.39, 0.29) is 22.0 Å². The average molecular weight is 443 g/mol. The van der Waals surface area contributed by atoms with Gasteiger partial charge in [0.05, 0.1) is 25.3 Å². The third-order valence-corrected chi connectivity index (χ3v) is 6.34. The van der Waals surface area contributed by atoms with Gasteiger partial charge in [-0.3, -0.25) is 0 Å². The predicted molar refractivity (Wildman–Crippen MR) is 114 cm³/mol. The molecule has 0 atom stereocenters. The Balaban J connectivity index is 2.15. The van der Waals surface area contributed by atoms with Crippen LogP contribution < -0.4 is 9.04 Å². The van der Waals surface area contributed by atoms with Gasteiger partial charge in [0.15, 0.2) is 5.03 Å². The highest BCUT2D eigenvalue weighted by molar-refractivity contribution is 7.93. The highest BCUT2D eigenvalue weighted by atomic mass is 32.2. The third-order valence-electron chi connectivity index (χ3n) is 4.09. The molecule has 0 aliphatic heterocycles. The number of hydrogen-bond donors (Lipinski definition) is 0. The summed E-state index contributed by atoms with van der Waals surface area (Å²) in [4.78, 5) is 15.8. The Kier molecular flexibility index (Phi) is 6.40. The second-order valence-corrected chi connectivity index (χ2v) is 8.53. The molecule has 0 amide bonds. The van der Waals surface area contributed by atoms with Crippen LogP contribution in [-0.4, -0.2) is 33.6 Å². The van der Waals surface area contributed by atoms with Crippen LogP contribution in [-0.2, 0) is 14.8 Å². The fourth-order valence-electron chi connectivity index (χ4n) is 2.51. The summed E-state index contributed by atoms with van der Waals surface area (Å²) >= 11 is 1.16. The van der Waals surface area contributed by atoms with Gasteiger partial charge in [-0.1, -0.05) is 17.7 Å². The summed E-state index contributed by atoms with van der Waals surface area (Å²) in [6.45, 7) is 1.95. The van der Waals surface area contributed by atoms with Crippen LogP contribution in [0, 0.1) is 18.9 Å². The molecule has 0 unspecified atom stereocenters. The minimum atomic E-state index is -4.10. The van der Waals surface area contributed by atoms with E-state index in [2.05, 4.69) is 16.9 Å². The number of benzene rings is 2. The molecule has 0 aliphatic rings. The van der Waals surface area contributed by atoms with Crippen molar-refractivity contribution in [2.75, 3.05) is 18.5 Å². The lowest BCUT2D eigenvalue weighted by Gasteiger charge is -2.19. The lowest BCUT2D eigenvalue weighted by atomic mass is 10.1. The first kappa shape index (κ1) is 21.4. The van der Waals surface area contributed by atoms with Crippen molar-refractivity contribution >= 4 is 33.0 Å². The standard InChI is InChI=1S/C21H18N2O5S2/c1-15-4-6-16(7-5-15)10-11-23(30(25,26)20-13-29-14-22-20)18-9-8-17(21(24)28-3)12-19(18)27-2/h4-9,12-14H,1-3H3. The molecule has 154 valence electrons. The molecule has 2 aromatic carbocycles. The maximum Gasteiger partial charge on any atom is 0.337 e. The number of sulfonamides is 1. The average Bonchev–Trinajstić information content (AvgIpc) is 3.30. The van der Waals surface area contributed by atoms with E-state index < -0.39 is 16.0 Å². The van der Waals surface area contributed by atoms with Crippen LogP contribution in [0.15, 0.2) is 58.4 Å². The summed E-state index contributed by atoms with van der Waals surface area (Å²) in [5, 5.41) is 1.29. The maximum absolute atomic E-state index is 13.2. The smallest absolute Gasteiger partial charge is 0.337 e. The second kappa shape index (κ2) is 8.98. The minimum absolute atomic E-state index is 0.134. The Morgan fingerprint density at radius 2 is 1.87 bits per heavy atom. The fraction of sp³-hybridized carbons (Fsp3) is 0.143. The largest absolute Gasteiger partial charge is 0.494 e. The fourth-order valence-corrected chi connectivity index (χ4v) is 4.60. The van der Waals surface area contributed by atoms with Gasteiger partial charge in [0.25, 0.3) is 10.0 Å². The first-order chi connectivity index (χ1) is 14.4. The summed E-state index contributed by atoms with van der Waals surface area (Å²) in [5.74, 6) is 2.44. The number of hydrogen-bond acceptors (Lipinski definition) is 7. The molecule has 0 saturated heterocycles. The second-order valence-electron chi connectivity index (χ2n) is 6.08. The Morgan fingerprint density at radius 3 is 2.47 bits per heavy atom. The molecule has 3 aromatic rings. The SMILES string of the molecule is COC(=O)c1ccc(N(C#Cc2ccc(C)cc2)S(=O)(=O)c2cscn2)c(OC)c1. The van der Waals surface area contributed by atoms with Crippen molar-refractivity contribution in [3.63, 3.8) is 0 Å². The molecular formula is C21H18N2O5S2. The van der Waals surface area contributed by atoms with Crippen LogP contribution >= 0.6 is 11.3 Å². The number of anilines is 1. The van der Waals surface area contributed by atoms with Gasteiger partial charge < -0.3 is 9.47 Å². The minimum Gasteiger partial charge on any atom is -0.494 e. The highest BCUT2D eigenvalue weighted by Gasteiger charge is 2.29. The number of thiazole rings is 1. The van der Waals surface area contributed by atoms with E-state index in [0.29, 0.717) is 5.56 Å². The van der Waals surface area contributed by atoms with E-state index in [0.717, 1.165) is 21.2 Å².